The van der Waals surface area contributed by atoms with Gasteiger partial charge in [0.15, 0.2) is 5.82 Å². The SMILES string of the molecule is C=C/C=C\C(=C/C=C)c1nn2c(c1-n1ccn(-c3ccc4c(cnn4C)c3F)c1=O)CN(C(=O)C1CCCCCCCC1BI)CC2. The van der Waals surface area contributed by atoms with Gasteiger partial charge in [-0.25, -0.2) is 9.18 Å². The number of aromatic nitrogens is 6. The standard InChI is InChI=1S/C35H40BFIN7O2/c1-4-6-13-24(12-5-2)32-33(44-20-19-43(35(44)47)29-17-16-28-26(31(29)37)22-39-41(28)3)30-23-42(18-21-45(30)40-32)34(46)25-14-10-8-7-9-11-15-27(25)36-38/h4-6,12-13,16-17,19-20,22,25,27,36H,1-2,7-11,14-15,18,21,23H2,3H3/b13-6-,24-12+. The molecule has 1 fully saturated rings. The Bertz CT molecular complexity index is 1930. The maximum absolute atomic E-state index is 15.8. The summed E-state index contributed by atoms with van der Waals surface area (Å²) in [5, 5.41) is 10.5. The largest absolute Gasteiger partial charge is 0.337 e. The third-order valence-electron chi connectivity index (χ3n) is 9.54. The van der Waals surface area contributed by atoms with Crippen molar-refractivity contribution in [2.45, 2.75) is 63.9 Å². The lowest BCUT2D eigenvalue weighted by Gasteiger charge is -2.34. The monoisotopic (exact) mass is 747 g/mol. The highest BCUT2D eigenvalue weighted by atomic mass is 127. The molecule has 6 rings (SSSR count). The molecule has 9 nitrogen and oxygen atoms in total. The molecule has 2 unspecified atom stereocenters. The normalized spacial score (nSPS) is 19.3. The van der Waals surface area contributed by atoms with Gasteiger partial charge in [-0.05, 0) is 24.4 Å². The number of hydrogen-bond donors (Lipinski definition) is 0. The van der Waals surface area contributed by atoms with Gasteiger partial charge in [0.25, 0.3) is 0 Å². The van der Waals surface area contributed by atoms with Crippen LogP contribution in [0, 0.1) is 11.7 Å². The number of aryl methyl sites for hydroxylation is 1. The molecule has 1 saturated carbocycles. The van der Waals surface area contributed by atoms with Gasteiger partial charge in [-0.2, -0.15) is 32.6 Å². The first-order valence-electron chi connectivity index (χ1n) is 16.4. The van der Waals surface area contributed by atoms with Crippen LogP contribution in [0.2, 0.25) is 5.82 Å². The summed E-state index contributed by atoms with van der Waals surface area (Å²) in [6.07, 6.45) is 21.4. The minimum absolute atomic E-state index is 0.0108. The van der Waals surface area contributed by atoms with Crippen LogP contribution in [0.15, 0.2) is 79.1 Å². The molecule has 4 aromatic rings. The molecule has 1 aliphatic carbocycles. The number of benzene rings is 1. The van der Waals surface area contributed by atoms with Gasteiger partial charge in [0, 0.05) is 37.5 Å². The lowest BCUT2D eigenvalue weighted by atomic mass is 9.71. The van der Waals surface area contributed by atoms with Gasteiger partial charge in [-0.3, -0.25) is 23.3 Å². The summed E-state index contributed by atoms with van der Waals surface area (Å²) >= 11 is 2.45. The van der Waals surface area contributed by atoms with Crippen molar-refractivity contribution in [3.05, 3.63) is 102 Å². The number of fused-ring (bicyclic) bond motifs is 2. The quantitative estimate of drug-likeness (QED) is 0.118. The van der Waals surface area contributed by atoms with Gasteiger partial charge in [-0.1, -0.05) is 82.1 Å². The second-order valence-corrected chi connectivity index (χ2v) is 13.2. The predicted octanol–water partition coefficient (Wildman–Crippen LogP) is 6.44. The Hall–Kier alpha value is -3.94. The average molecular weight is 747 g/mol. The van der Waals surface area contributed by atoms with Crippen molar-refractivity contribution in [3.63, 3.8) is 0 Å². The van der Waals surface area contributed by atoms with Crippen LogP contribution in [0.3, 0.4) is 0 Å². The molecule has 1 aromatic carbocycles. The smallest absolute Gasteiger partial charge is 0.335 e. The van der Waals surface area contributed by atoms with Crippen LogP contribution in [0.1, 0.15) is 56.3 Å². The minimum Gasteiger partial charge on any atom is -0.335 e. The van der Waals surface area contributed by atoms with Gasteiger partial charge >= 0.3 is 5.69 Å². The molecule has 4 heterocycles. The molecule has 0 N–H and O–H groups in total. The number of carbonyl (C=O) groups excluding carboxylic acids is 1. The number of allylic oxidation sites excluding steroid dienone is 6. The van der Waals surface area contributed by atoms with E-state index in [4.69, 9.17) is 5.10 Å². The summed E-state index contributed by atoms with van der Waals surface area (Å²) < 4.78 is 22.1. The van der Waals surface area contributed by atoms with E-state index in [1.54, 1.807) is 54.5 Å². The molecule has 2 aliphatic rings. The van der Waals surface area contributed by atoms with Crippen LogP contribution in [0.5, 0.6) is 0 Å². The molecule has 1 amide bonds. The van der Waals surface area contributed by atoms with Gasteiger partial charge < -0.3 is 4.90 Å². The van der Waals surface area contributed by atoms with E-state index in [2.05, 4.69) is 40.6 Å². The first kappa shape index (κ1) is 33.0. The van der Waals surface area contributed by atoms with Crippen molar-refractivity contribution in [1.82, 2.24) is 33.6 Å². The summed E-state index contributed by atoms with van der Waals surface area (Å²) in [6, 6.07) is 3.35. The number of carbonyl (C=O) groups is 1. The number of hydrogen-bond acceptors (Lipinski definition) is 4. The fourth-order valence-corrected chi connectivity index (χ4v) is 8.09. The molecular weight excluding hydrogens is 707 g/mol. The van der Waals surface area contributed by atoms with Crippen LogP contribution < -0.4 is 5.69 Å². The predicted molar refractivity (Wildman–Crippen MR) is 195 cm³/mol. The number of nitrogens with zero attached hydrogens (tertiary/aromatic N) is 7. The van der Waals surface area contributed by atoms with E-state index in [-0.39, 0.29) is 17.5 Å². The van der Waals surface area contributed by atoms with E-state index in [9.17, 15) is 9.59 Å². The van der Waals surface area contributed by atoms with Gasteiger partial charge in [0.05, 0.1) is 41.6 Å². The van der Waals surface area contributed by atoms with E-state index in [1.807, 2.05) is 21.7 Å². The lowest BCUT2D eigenvalue weighted by Crippen LogP contribution is -2.43. The van der Waals surface area contributed by atoms with Crippen LogP contribution >= 0.6 is 22.4 Å². The summed E-state index contributed by atoms with van der Waals surface area (Å²) in [6.45, 7) is 9.08. The Balaban J connectivity index is 1.45. The van der Waals surface area contributed by atoms with Crippen molar-refractivity contribution in [3.8, 4) is 11.4 Å². The lowest BCUT2D eigenvalue weighted by molar-refractivity contribution is -0.137. The summed E-state index contributed by atoms with van der Waals surface area (Å²) in [5.41, 5.74) is 2.96. The Morgan fingerprint density at radius 1 is 1.06 bits per heavy atom. The van der Waals surface area contributed by atoms with Gasteiger partial charge in [0.1, 0.15) is 11.4 Å². The summed E-state index contributed by atoms with van der Waals surface area (Å²) in [4.78, 5) is 30.4. The third-order valence-corrected chi connectivity index (χ3v) is 10.7. The maximum atomic E-state index is 15.8. The van der Waals surface area contributed by atoms with Crippen LogP contribution in [0.4, 0.5) is 4.39 Å². The van der Waals surface area contributed by atoms with Crippen molar-refractivity contribution in [2.75, 3.05) is 6.54 Å². The molecule has 1 aliphatic heterocycles. The first-order chi connectivity index (χ1) is 22.9. The van der Waals surface area contributed by atoms with Crippen LogP contribution in [-0.4, -0.2) is 51.2 Å². The Kier molecular flexibility index (Phi) is 10.1. The molecule has 0 saturated heterocycles. The van der Waals surface area contributed by atoms with Crippen LogP contribution in [0.25, 0.3) is 27.9 Å². The Morgan fingerprint density at radius 2 is 1.83 bits per heavy atom. The maximum Gasteiger partial charge on any atom is 0.337 e. The highest BCUT2D eigenvalue weighted by molar-refractivity contribution is 14.1. The summed E-state index contributed by atoms with van der Waals surface area (Å²) in [7, 11) is 1.75. The molecule has 2 atom stereocenters. The molecule has 244 valence electrons. The van der Waals surface area contributed by atoms with E-state index in [1.165, 1.54) is 41.0 Å². The molecule has 47 heavy (non-hydrogen) atoms. The number of imidazole rings is 1. The van der Waals surface area contributed by atoms with Gasteiger partial charge in [-0.15, -0.1) is 0 Å². The van der Waals surface area contributed by atoms with E-state index in [0.29, 0.717) is 47.7 Å². The Labute approximate surface area is 288 Å². The summed E-state index contributed by atoms with van der Waals surface area (Å²) in [5.74, 6) is 0.0189. The molecule has 12 heteroatoms. The highest BCUT2D eigenvalue weighted by Crippen LogP contribution is 2.36. The minimum atomic E-state index is -0.523. The van der Waals surface area contributed by atoms with Crippen molar-refractivity contribution < 1.29 is 9.18 Å². The van der Waals surface area contributed by atoms with Crippen molar-refractivity contribution in [1.29, 1.82) is 0 Å². The second-order valence-electron chi connectivity index (χ2n) is 12.4. The zero-order valence-corrected chi connectivity index (χ0v) is 29.0. The number of amides is 1. The molecule has 0 spiro atoms. The fraction of sp³-hybridized carbons (Fsp3) is 0.371. The van der Waals surface area contributed by atoms with E-state index < -0.39 is 11.5 Å². The first-order valence-corrected chi connectivity index (χ1v) is 17.9. The van der Waals surface area contributed by atoms with E-state index in [0.717, 1.165) is 35.7 Å². The third kappa shape index (κ3) is 6.36. The molecule has 0 bridgehead atoms. The zero-order valence-electron chi connectivity index (χ0n) is 26.8. The van der Waals surface area contributed by atoms with Crippen molar-refractivity contribution >= 4 is 49.9 Å². The second kappa shape index (κ2) is 14.4. The van der Waals surface area contributed by atoms with Gasteiger partial charge in [0.2, 0.25) is 11.0 Å². The topological polar surface area (TPSA) is 82.9 Å². The fourth-order valence-electron chi connectivity index (χ4n) is 7.03. The number of rotatable bonds is 8. The zero-order chi connectivity index (χ0) is 33.1. The molecule has 3 aromatic heterocycles. The molecule has 0 radical (unpaired) electrons. The molecular formula is C35H40BFIN7O2. The highest BCUT2D eigenvalue weighted by Gasteiger charge is 2.35. The van der Waals surface area contributed by atoms with Crippen molar-refractivity contribution in [2.24, 2.45) is 13.0 Å². The average Bonchev–Trinajstić information content (AvgIpc) is 3.78. The number of halogens is 2. The van der Waals surface area contributed by atoms with Crippen LogP contribution in [-0.2, 0) is 24.9 Å². The Morgan fingerprint density at radius 3 is 2.60 bits per heavy atom. The van der Waals surface area contributed by atoms with E-state index >= 15 is 4.39 Å².